The van der Waals surface area contributed by atoms with Gasteiger partial charge in [-0.1, -0.05) is 48.0 Å². The van der Waals surface area contributed by atoms with Gasteiger partial charge in [0.25, 0.3) is 0 Å². The highest BCUT2D eigenvalue weighted by Gasteiger charge is 2.32. The Kier molecular flexibility index (Phi) is 9.27. The second-order valence-corrected chi connectivity index (χ2v) is 10.6. The van der Waals surface area contributed by atoms with Gasteiger partial charge in [-0.2, -0.15) is 12.7 Å². The van der Waals surface area contributed by atoms with Crippen LogP contribution in [0.3, 0.4) is 0 Å². The number of hydrogen-bond donors (Lipinski definition) is 1. The van der Waals surface area contributed by atoms with E-state index in [1.165, 1.54) is 19.0 Å². The number of halogens is 1. The number of nitrogens with one attached hydrogen (secondary N) is 1. The summed E-state index contributed by atoms with van der Waals surface area (Å²) in [7, 11) is -1.18. The van der Waals surface area contributed by atoms with Gasteiger partial charge in [-0.3, -0.25) is 9.59 Å². The van der Waals surface area contributed by atoms with Crippen molar-refractivity contribution in [1.82, 2.24) is 14.5 Å². The maximum Gasteiger partial charge on any atom is 0.304 e. The number of benzene rings is 2. The Morgan fingerprint density at radius 3 is 2.09 bits per heavy atom. The first-order chi connectivity index (χ1) is 15.4. The molecule has 1 atom stereocenters. The van der Waals surface area contributed by atoms with Crippen molar-refractivity contribution in [3.8, 4) is 0 Å². The molecule has 10 heteroatoms. The maximum absolute atomic E-state index is 13.5. The van der Waals surface area contributed by atoms with Crippen LogP contribution in [0, 0.1) is 0 Å². The fourth-order valence-corrected chi connectivity index (χ4v) is 4.36. The predicted molar refractivity (Wildman–Crippen MR) is 131 cm³/mol. The van der Waals surface area contributed by atoms with Gasteiger partial charge >= 0.3 is 10.2 Å². The van der Waals surface area contributed by atoms with Crippen molar-refractivity contribution in [2.75, 3.05) is 24.9 Å². The van der Waals surface area contributed by atoms with Gasteiger partial charge in [-0.25, -0.2) is 4.31 Å². The monoisotopic (exact) mass is 494 g/mol. The lowest BCUT2D eigenvalue weighted by Gasteiger charge is -2.33. The third kappa shape index (κ3) is 6.93. The molecule has 0 aromatic heterocycles. The fourth-order valence-electron chi connectivity index (χ4n) is 3.11. The van der Waals surface area contributed by atoms with Crippen molar-refractivity contribution in [3.05, 3.63) is 65.2 Å². The Bertz CT molecular complexity index is 1060. The lowest BCUT2D eigenvalue weighted by molar-refractivity contribution is -0.139. The summed E-state index contributed by atoms with van der Waals surface area (Å²) in [5.74, 6) is -0.872. The average Bonchev–Trinajstić information content (AvgIpc) is 2.76. The summed E-state index contributed by atoms with van der Waals surface area (Å²) in [6.45, 7) is 4.83. The summed E-state index contributed by atoms with van der Waals surface area (Å²) in [6.07, 6.45) is 0. The minimum Gasteiger partial charge on any atom is -0.352 e. The molecule has 8 nitrogen and oxygen atoms in total. The Morgan fingerprint density at radius 1 is 0.970 bits per heavy atom. The van der Waals surface area contributed by atoms with Crippen LogP contribution in [0.15, 0.2) is 54.6 Å². The molecule has 2 rings (SSSR count). The van der Waals surface area contributed by atoms with Crippen molar-refractivity contribution in [3.63, 3.8) is 0 Å². The van der Waals surface area contributed by atoms with E-state index in [9.17, 15) is 18.0 Å². The van der Waals surface area contributed by atoms with Gasteiger partial charge in [-0.05, 0) is 44.5 Å². The van der Waals surface area contributed by atoms with Gasteiger partial charge < -0.3 is 10.2 Å². The number of anilines is 1. The first kappa shape index (κ1) is 26.6. The Balaban J connectivity index is 2.44. The molecule has 33 heavy (non-hydrogen) atoms. The third-order valence-electron chi connectivity index (χ3n) is 4.96. The predicted octanol–water partition coefficient (Wildman–Crippen LogP) is 2.89. The minimum absolute atomic E-state index is 0.0514. The zero-order chi connectivity index (χ0) is 24.8. The molecule has 0 aliphatic carbocycles. The van der Waals surface area contributed by atoms with E-state index in [1.54, 1.807) is 61.5 Å². The third-order valence-corrected chi connectivity index (χ3v) is 7.15. The Morgan fingerprint density at radius 2 is 1.55 bits per heavy atom. The highest BCUT2D eigenvalue weighted by Crippen LogP contribution is 2.22. The van der Waals surface area contributed by atoms with Gasteiger partial charge in [0.2, 0.25) is 11.8 Å². The minimum atomic E-state index is -3.97. The van der Waals surface area contributed by atoms with Gasteiger partial charge in [-0.15, -0.1) is 0 Å². The molecule has 2 aromatic rings. The second kappa shape index (κ2) is 11.5. The number of carbonyl (C=O) groups excluding carboxylic acids is 2. The quantitative estimate of drug-likeness (QED) is 0.550. The molecule has 0 radical (unpaired) electrons. The van der Waals surface area contributed by atoms with E-state index >= 15 is 0 Å². The van der Waals surface area contributed by atoms with E-state index in [0.29, 0.717) is 16.3 Å². The molecule has 0 fully saturated rings. The van der Waals surface area contributed by atoms with Crippen LogP contribution in [-0.2, 0) is 26.3 Å². The smallest absolute Gasteiger partial charge is 0.304 e. The van der Waals surface area contributed by atoms with Gasteiger partial charge in [0.05, 0.1) is 5.69 Å². The van der Waals surface area contributed by atoms with Crippen LogP contribution in [-0.4, -0.2) is 62.2 Å². The molecule has 0 heterocycles. The zero-order valence-electron chi connectivity index (χ0n) is 19.5. The fraction of sp³-hybridized carbons (Fsp3) is 0.391. The Labute approximate surface area is 201 Å². The number of nitrogens with zero attached hydrogens (tertiary/aromatic N) is 3. The number of para-hydroxylation sites is 1. The van der Waals surface area contributed by atoms with E-state index in [0.717, 1.165) is 8.61 Å². The summed E-state index contributed by atoms with van der Waals surface area (Å²) in [4.78, 5) is 27.6. The van der Waals surface area contributed by atoms with E-state index in [-0.39, 0.29) is 18.5 Å². The Hall–Kier alpha value is -2.62. The van der Waals surface area contributed by atoms with Crippen LogP contribution in [0.2, 0.25) is 5.02 Å². The largest absolute Gasteiger partial charge is 0.352 e. The lowest BCUT2D eigenvalue weighted by atomic mass is 10.1. The van der Waals surface area contributed by atoms with E-state index in [2.05, 4.69) is 5.32 Å². The topological polar surface area (TPSA) is 90.0 Å². The first-order valence-electron chi connectivity index (χ1n) is 10.5. The standard InChI is InChI=1S/C23H31ClN4O4S/c1-17(2)25-23(30)18(3)27(15-19-11-9-10-14-21(19)24)22(29)16-28(33(31,32)26(4)5)20-12-7-6-8-13-20/h6-14,17-18H,15-16H2,1-5H3,(H,25,30)/t18-/m1/s1. The van der Waals surface area contributed by atoms with Crippen molar-refractivity contribution in [2.24, 2.45) is 0 Å². The number of hydrogen-bond acceptors (Lipinski definition) is 4. The summed E-state index contributed by atoms with van der Waals surface area (Å²) in [5, 5.41) is 3.26. The molecular formula is C23H31ClN4O4S. The highest BCUT2D eigenvalue weighted by atomic mass is 35.5. The van der Waals surface area contributed by atoms with Crippen molar-refractivity contribution in [1.29, 1.82) is 0 Å². The summed E-state index contributed by atoms with van der Waals surface area (Å²) >= 11 is 6.31. The van der Waals surface area contributed by atoms with Crippen LogP contribution >= 0.6 is 11.6 Å². The van der Waals surface area contributed by atoms with Crippen LogP contribution in [0.4, 0.5) is 5.69 Å². The van der Waals surface area contributed by atoms with Crippen molar-refractivity contribution in [2.45, 2.75) is 39.4 Å². The summed E-state index contributed by atoms with van der Waals surface area (Å²) < 4.78 is 28.1. The molecule has 0 spiro atoms. The molecule has 0 aliphatic rings. The van der Waals surface area contributed by atoms with E-state index < -0.39 is 28.7 Å². The molecular weight excluding hydrogens is 464 g/mol. The summed E-state index contributed by atoms with van der Waals surface area (Å²) in [6, 6.07) is 14.4. The van der Waals surface area contributed by atoms with Crippen LogP contribution in [0.5, 0.6) is 0 Å². The van der Waals surface area contributed by atoms with E-state index in [1.807, 2.05) is 13.8 Å². The first-order valence-corrected chi connectivity index (χ1v) is 12.3. The van der Waals surface area contributed by atoms with Crippen molar-refractivity contribution >= 4 is 39.3 Å². The van der Waals surface area contributed by atoms with Gasteiger partial charge in [0.1, 0.15) is 12.6 Å². The maximum atomic E-state index is 13.5. The molecule has 0 aliphatic heterocycles. The summed E-state index contributed by atoms with van der Waals surface area (Å²) in [5.41, 5.74) is 0.995. The van der Waals surface area contributed by atoms with Crippen LogP contribution in [0.1, 0.15) is 26.3 Å². The van der Waals surface area contributed by atoms with Gasteiger partial charge in [0, 0.05) is 31.7 Å². The van der Waals surface area contributed by atoms with Crippen LogP contribution < -0.4 is 9.62 Å². The molecule has 180 valence electrons. The molecule has 2 amide bonds. The molecule has 0 saturated heterocycles. The molecule has 2 aromatic carbocycles. The second-order valence-electron chi connectivity index (χ2n) is 8.08. The zero-order valence-corrected chi connectivity index (χ0v) is 21.1. The lowest BCUT2D eigenvalue weighted by Crippen LogP contribution is -2.53. The normalized spacial score (nSPS) is 12.5. The molecule has 0 unspecified atom stereocenters. The van der Waals surface area contributed by atoms with Gasteiger partial charge in [0.15, 0.2) is 0 Å². The molecule has 0 bridgehead atoms. The molecule has 0 saturated carbocycles. The average molecular weight is 495 g/mol. The number of carbonyl (C=O) groups is 2. The SMILES string of the molecule is CC(C)NC(=O)[C@@H](C)N(Cc1ccccc1Cl)C(=O)CN(c1ccccc1)S(=O)(=O)N(C)C. The highest BCUT2D eigenvalue weighted by molar-refractivity contribution is 7.90. The van der Waals surface area contributed by atoms with Crippen LogP contribution in [0.25, 0.3) is 0 Å². The van der Waals surface area contributed by atoms with Crippen molar-refractivity contribution < 1.29 is 18.0 Å². The number of rotatable bonds is 10. The molecule has 1 N–H and O–H groups in total. The number of amides is 2. The van der Waals surface area contributed by atoms with E-state index in [4.69, 9.17) is 11.6 Å².